The molecule has 0 aromatic rings. The molecule has 1 saturated carbocycles. The third-order valence-corrected chi connectivity index (χ3v) is 5.00. The number of unbranched alkanes of at least 4 members (excludes halogenated alkanes) is 1. The van der Waals surface area contributed by atoms with Gasteiger partial charge in [-0.3, -0.25) is 4.79 Å². The van der Waals surface area contributed by atoms with E-state index in [2.05, 4.69) is 5.11 Å². The topological polar surface area (TPSA) is 118 Å². The van der Waals surface area contributed by atoms with E-state index in [0.717, 1.165) is 0 Å². The summed E-state index contributed by atoms with van der Waals surface area (Å²) in [4.78, 5) is 10.5. The van der Waals surface area contributed by atoms with E-state index in [4.69, 9.17) is 19.6 Å². The molecule has 5 N–H and O–H groups in total. The van der Waals surface area contributed by atoms with Crippen LogP contribution in [0.2, 0.25) is 0 Å². The van der Waals surface area contributed by atoms with Gasteiger partial charge in [-0.05, 0) is 44.4 Å². The lowest BCUT2D eigenvalue weighted by Gasteiger charge is -2.19. The van der Waals surface area contributed by atoms with Crippen LogP contribution in [0.3, 0.4) is 0 Å². The summed E-state index contributed by atoms with van der Waals surface area (Å²) in [6.07, 6.45) is 9.99. The average molecular weight is 377 g/mol. The number of hydrogen-bond donors (Lipinski definition) is 5. The van der Waals surface area contributed by atoms with E-state index in [1.165, 1.54) is 0 Å². The van der Waals surface area contributed by atoms with Gasteiger partial charge in [-0.15, -0.1) is 0 Å². The maximum atomic E-state index is 10.5. The fourth-order valence-corrected chi connectivity index (χ4v) is 3.33. The number of aliphatic carboxylic acids is 1. The molecule has 6 atom stereocenters. The molecule has 150 valence electrons. The lowest BCUT2D eigenvalue weighted by molar-refractivity contribution is -0.137. The fourth-order valence-electron chi connectivity index (χ4n) is 3.33. The number of carboxylic acid groups (broad SMARTS) is 1. The Labute approximate surface area is 160 Å². The van der Waals surface area contributed by atoms with Crippen molar-refractivity contribution in [2.45, 2.75) is 82.7 Å². The number of carboxylic acids is 1. The maximum Gasteiger partial charge on any atom is 0.303 e. The summed E-state index contributed by atoms with van der Waals surface area (Å²) in [6.45, 7) is 1.93. The lowest BCUT2D eigenvalue weighted by Crippen LogP contribution is -2.20. The fraction of sp³-hybridized carbons (Fsp3) is 0.750. The number of allylic oxidation sites excluding steroid dienone is 2. The third-order valence-electron chi connectivity index (χ3n) is 5.00. The quantitative estimate of drug-likeness (QED) is 0.220. The van der Waals surface area contributed by atoms with E-state index in [1.807, 2.05) is 25.2 Å². The Morgan fingerprint density at radius 1 is 1.27 bits per heavy atom. The monoisotopic (exact) mass is 376 g/mol. The molecule has 0 aromatic carbocycles. The Morgan fingerprint density at radius 2 is 2.12 bits per heavy atom. The number of hydrogen-bond acceptors (Lipinski definition) is 5. The summed E-state index contributed by atoms with van der Waals surface area (Å²) in [5.74, 6) is -1.11. The van der Waals surface area contributed by atoms with Gasteiger partial charge in [0.1, 0.15) is 0 Å². The molecule has 0 heterocycles. The summed E-state index contributed by atoms with van der Waals surface area (Å²) in [5, 5.41) is 33.2. The molecule has 26 heavy (non-hydrogen) atoms. The highest BCUT2D eigenvalue weighted by Crippen LogP contribution is 2.36. The van der Waals surface area contributed by atoms with Crippen LogP contribution in [0.5, 0.6) is 0 Å². The zero-order valence-electron chi connectivity index (χ0n) is 18.5. The van der Waals surface area contributed by atoms with E-state index in [9.17, 15) is 9.90 Å². The smallest absolute Gasteiger partial charge is 0.303 e. The lowest BCUT2D eigenvalue weighted by atomic mass is 9.89. The highest BCUT2D eigenvalue weighted by molar-refractivity contribution is 5.66. The summed E-state index contributed by atoms with van der Waals surface area (Å²) in [5.41, 5.74) is 0. The molecular weight excluding hydrogens is 336 g/mol. The molecule has 1 aliphatic rings. The first-order valence-electron chi connectivity index (χ1n) is 10.8. The Hall–Kier alpha value is -1.21. The van der Waals surface area contributed by atoms with Crippen molar-refractivity contribution in [3.05, 3.63) is 24.3 Å². The summed E-state index contributed by atoms with van der Waals surface area (Å²) >= 11 is 0. The van der Waals surface area contributed by atoms with Gasteiger partial charge in [0.15, 0.2) is 0 Å². The Balaban J connectivity index is 2.65. The third kappa shape index (κ3) is 8.45. The number of aliphatic hydroxyl groups is 4. The molecule has 2 unspecified atom stereocenters. The first-order valence-corrected chi connectivity index (χ1v) is 9.55. The molecule has 0 aromatic heterocycles. The molecule has 1 aliphatic carbocycles. The van der Waals surface area contributed by atoms with Crippen LogP contribution in [0.1, 0.15) is 58.3 Å². The van der Waals surface area contributed by atoms with Gasteiger partial charge in [0.25, 0.3) is 0 Å². The van der Waals surface area contributed by atoms with Gasteiger partial charge in [-0.2, -0.15) is 0 Å². The summed E-state index contributed by atoms with van der Waals surface area (Å²) < 4.78 is 21.6. The van der Waals surface area contributed by atoms with Crippen LogP contribution < -0.4 is 0 Å². The number of rotatable bonds is 15. The zero-order valence-corrected chi connectivity index (χ0v) is 15.5. The van der Waals surface area contributed by atoms with E-state index in [-0.39, 0.29) is 24.4 Å². The molecule has 1 fully saturated rings. The van der Waals surface area contributed by atoms with Crippen molar-refractivity contribution in [3.63, 3.8) is 0 Å². The van der Waals surface area contributed by atoms with E-state index in [1.54, 1.807) is 6.08 Å². The van der Waals surface area contributed by atoms with Gasteiger partial charge in [-0.25, -0.2) is 0 Å². The molecule has 0 aliphatic heterocycles. The molecule has 0 saturated heterocycles. The first-order chi connectivity index (χ1) is 14.0. The highest BCUT2D eigenvalue weighted by atomic mass is 16.4. The minimum atomic E-state index is -0.809. The van der Waals surface area contributed by atoms with Crippen LogP contribution >= 0.6 is 0 Å². The van der Waals surface area contributed by atoms with Crippen molar-refractivity contribution in [1.82, 2.24) is 0 Å². The predicted molar refractivity (Wildman–Crippen MR) is 99.5 cm³/mol. The van der Waals surface area contributed by atoms with Gasteiger partial charge in [0.2, 0.25) is 4.29 Å². The van der Waals surface area contributed by atoms with Crippen molar-refractivity contribution in [1.29, 1.82) is 4.29 Å². The van der Waals surface area contributed by atoms with Crippen molar-refractivity contribution in [3.8, 4) is 0 Å². The molecule has 0 spiro atoms. The molecule has 0 bridgehead atoms. The van der Waals surface area contributed by atoms with Crippen LogP contribution in [-0.2, 0) is 4.79 Å². The highest BCUT2D eigenvalue weighted by Gasteiger charge is 2.39. The molecule has 0 radical (unpaired) electrons. The van der Waals surface area contributed by atoms with Gasteiger partial charge in [-0.1, -0.05) is 31.2 Å². The largest absolute Gasteiger partial charge is 0.481 e. The van der Waals surface area contributed by atoms with Gasteiger partial charge in [0, 0.05) is 18.8 Å². The van der Waals surface area contributed by atoms with Crippen molar-refractivity contribution < 1.29 is 30.3 Å². The second kappa shape index (κ2) is 12.2. The minimum Gasteiger partial charge on any atom is -0.481 e. The predicted octanol–water partition coefficient (Wildman–Crippen LogP) is 2.01. The summed E-state index contributed by atoms with van der Waals surface area (Å²) in [7, 11) is 0. The molecule has 0 amide bonds. The standard InChI is InChI=1S/C20H34O6/c1-2-14(21)9-10-15(22)11-12-17-16(18(23)13-19(17)24)7-5-3-4-6-8-20(25)26/h3,5,11-12,14-19,21-24H,2,4,6-10,13H2,1H3,(H,25,26)/t14?,15?,16-,17+,18+,19-/m1/s1/i21T,22T,24T. The molecular formula is C20H34O6. The molecule has 6 nitrogen and oxygen atoms in total. The molecule has 1 rings (SSSR count). The van der Waals surface area contributed by atoms with E-state index >= 15 is 0 Å². The van der Waals surface area contributed by atoms with Crippen molar-refractivity contribution in [2.24, 2.45) is 11.8 Å². The number of carbonyl (C=O) groups is 1. The number of aliphatic hydroxyl groups excluding tert-OH is 4. The van der Waals surface area contributed by atoms with Crippen LogP contribution in [0.15, 0.2) is 24.3 Å². The zero-order chi connectivity index (χ0) is 21.6. The van der Waals surface area contributed by atoms with Crippen LogP contribution in [0.4, 0.5) is 0 Å². The van der Waals surface area contributed by atoms with Crippen LogP contribution in [-0.4, -0.2) is 60.2 Å². The average Bonchev–Trinajstić information content (AvgIpc) is 3.02. The second-order valence-electron chi connectivity index (χ2n) is 7.11. The maximum absolute atomic E-state index is 10.5. The Kier molecular flexibility index (Phi) is 8.54. The Bertz CT molecular complexity index is 512. The van der Waals surface area contributed by atoms with E-state index in [0.29, 0.717) is 44.9 Å². The van der Waals surface area contributed by atoms with Crippen LogP contribution in [0.25, 0.3) is 0 Å². The van der Waals surface area contributed by atoms with Gasteiger partial charge >= 0.3 is 5.97 Å². The van der Waals surface area contributed by atoms with E-state index < -0.39 is 24.3 Å². The van der Waals surface area contributed by atoms with Gasteiger partial charge < -0.3 is 25.5 Å². The first kappa shape index (κ1) is 18.2. The van der Waals surface area contributed by atoms with Crippen molar-refractivity contribution in [2.75, 3.05) is 0 Å². The van der Waals surface area contributed by atoms with Crippen LogP contribution in [0, 0.1) is 11.8 Å². The molecule has 6 heteroatoms. The Morgan fingerprint density at radius 3 is 2.77 bits per heavy atom. The minimum absolute atomic E-state index is 0.122. The van der Waals surface area contributed by atoms with Crippen molar-refractivity contribution >= 4 is 5.97 Å². The normalized spacial score (nSPS) is 30.3. The SMILES string of the molecule is [3H]OC(C=C[C@H]1[C@@H](CC=CCCCC(=O)O)[C@@H](O)C[C@H]1O[3H])CCC(CC)O[3H]. The van der Waals surface area contributed by atoms with Gasteiger partial charge in [0.05, 0.1) is 24.4 Å². The second-order valence-corrected chi connectivity index (χ2v) is 7.11. The summed E-state index contributed by atoms with van der Waals surface area (Å²) in [6, 6.07) is 0.